The van der Waals surface area contributed by atoms with E-state index < -0.39 is 0 Å². The van der Waals surface area contributed by atoms with Crippen LogP contribution in [0.3, 0.4) is 0 Å². The van der Waals surface area contributed by atoms with Crippen molar-refractivity contribution in [3.05, 3.63) is 96.1 Å². The molecule has 0 amide bonds. The van der Waals surface area contributed by atoms with Gasteiger partial charge in [-0.3, -0.25) is 9.80 Å². The van der Waals surface area contributed by atoms with E-state index in [9.17, 15) is 0 Å². The average Bonchev–Trinajstić information content (AvgIpc) is 3.85. The molecule has 0 spiro atoms. The second-order valence-electron chi connectivity index (χ2n) is 12.0. The molecule has 0 saturated carbocycles. The van der Waals surface area contributed by atoms with E-state index in [1.54, 1.807) is 0 Å². The number of likely N-dealkylation sites (tertiary alicyclic amines) is 2. The highest BCUT2D eigenvalue weighted by Gasteiger charge is 2.14. The minimum Gasteiger partial charge on any atom is -0.338 e. The largest absolute Gasteiger partial charge is 0.338 e. The number of hydrogen-bond donors (Lipinski definition) is 2. The highest BCUT2D eigenvalue weighted by atomic mass is 15.1. The maximum Gasteiger partial charge on any atom is 0.138 e. The number of hydrogen-bond acceptors (Lipinski definition) is 4. The van der Waals surface area contributed by atoms with Gasteiger partial charge in [0.15, 0.2) is 0 Å². The quantitative estimate of drug-likeness (QED) is 0.214. The SMILES string of the molecule is c1cc(-c2nc3cc(-c4ccc5nc(-c6ccc(CN7CCCC7)cc6)[nH]c5c4)ccc3[nH]2)ccc1CN1CCCC1. The first kappa shape index (κ1) is 25.5. The van der Waals surface area contributed by atoms with Gasteiger partial charge in [-0.2, -0.15) is 0 Å². The van der Waals surface area contributed by atoms with E-state index in [0.29, 0.717) is 0 Å². The van der Waals surface area contributed by atoms with E-state index in [0.717, 1.165) is 69.1 Å². The Labute approximate surface area is 246 Å². The Bertz CT molecular complexity index is 1700. The Balaban J connectivity index is 1.01. The molecule has 0 unspecified atom stereocenters. The van der Waals surface area contributed by atoms with Gasteiger partial charge in [-0.05, 0) is 98.4 Å². The molecule has 4 heterocycles. The van der Waals surface area contributed by atoms with Crippen molar-refractivity contribution < 1.29 is 0 Å². The summed E-state index contributed by atoms with van der Waals surface area (Å²) in [6.07, 6.45) is 5.29. The molecule has 0 radical (unpaired) electrons. The molecule has 210 valence electrons. The normalized spacial score (nSPS) is 16.3. The van der Waals surface area contributed by atoms with Crippen LogP contribution in [0.1, 0.15) is 36.8 Å². The van der Waals surface area contributed by atoms with Gasteiger partial charge in [0.2, 0.25) is 0 Å². The standard InChI is InChI=1S/C36H36N6/c1-2-18-41(17-1)23-25-5-9-27(10-6-25)35-37-31-15-13-29(21-33(31)39-35)30-14-16-32-34(22-30)40-36(38-32)28-11-7-26(8-12-28)24-42-19-3-4-20-42/h5-16,21-22H,1-4,17-20,23-24H2,(H,37,39)(H,38,40). The van der Waals surface area contributed by atoms with Gasteiger partial charge < -0.3 is 9.97 Å². The smallest absolute Gasteiger partial charge is 0.138 e. The number of nitrogens with one attached hydrogen (secondary N) is 2. The minimum atomic E-state index is 0.911. The van der Waals surface area contributed by atoms with Crippen LogP contribution in [0.25, 0.3) is 56.0 Å². The van der Waals surface area contributed by atoms with Gasteiger partial charge in [0.1, 0.15) is 11.6 Å². The van der Waals surface area contributed by atoms with Crippen LogP contribution in [-0.2, 0) is 13.1 Å². The van der Waals surface area contributed by atoms with Gasteiger partial charge in [-0.1, -0.05) is 60.7 Å². The van der Waals surface area contributed by atoms with Crippen molar-refractivity contribution in [3.8, 4) is 33.9 Å². The minimum absolute atomic E-state index is 0.911. The number of rotatable bonds is 7. The topological polar surface area (TPSA) is 63.8 Å². The Morgan fingerprint density at radius 2 is 0.952 bits per heavy atom. The van der Waals surface area contributed by atoms with Gasteiger partial charge >= 0.3 is 0 Å². The molecule has 6 aromatic rings. The molecule has 2 aliphatic heterocycles. The molecule has 2 aliphatic rings. The van der Waals surface area contributed by atoms with Gasteiger partial charge in [-0.15, -0.1) is 0 Å². The molecule has 6 heteroatoms. The number of benzene rings is 4. The molecular weight excluding hydrogens is 516 g/mol. The number of H-pyrrole nitrogens is 2. The first-order valence-electron chi connectivity index (χ1n) is 15.4. The van der Waals surface area contributed by atoms with Crippen LogP contribution in [0, 0.1) is 0 Å². The zero-order valence-corrected chi connectivity index (χ0v) is 23.9. The lowest BCUT2D eigenvalue weighted by molar-refractivity contribution is 0.331. The lowest BCUT2D eigenvalue weighted by atomic mass is 10.0. The molecule has 2 saturated heterocycles. The van der Waals surface area contributed by atoms with E-state index in [1.165, 1.54) is 63.0 Å². The van der Waals surface area contributed by atoms with Crippen LogP contribution in [0.5, 0.6) is 0 Å². The number of imidazole rings is 2. The molecule has 8 rings (SSSR count). The van der Waals surface area contributed by atoms with Gasteiger partial charge in [0, 0.05) is 24.2 Å². The highest BCUT2D eigenvalue weighted by molar-refractivity contribution is 5.88. The maximum absolute atomic E-state index is 4.96. The zero-order valence-electron chi connectivity index (χ0n) is 23.9. The van der Waals surface area contributed by atoms with Gasteiger partial charge in [0.25, 0.3) is 0 Å². The van der Waals surface area contributed by atoms with Crippen LogP contribution < -0.4 is 0 Å². The zero-order chi connectivity index (χ0) is 27.9. The van der Waals surface area contributed by atoms with Crippen molar-refractivity contribution in [1.82, 2.24) is 29.7 Å². The van der Waals surface area contributed by atoms with Crippen molar-refractivity contribution in [3.63, 3.8) is 0 Å². The number of aromatic amines is 2. The highest BCUT2D eigenvalue weighted by Crippen LogP contribution is 2.30. The fraction of sp³-hybridized carbons (Fsp3) is 0.278. The van der Waals surface area contributed by atoms with Gasteiger partial charge in [-0.25, -0.2) is 9.97 Å². The van der Waals surface area contributed by atoms with Crippen molar-refractivity contribution in [2.24, 2.45) is 0 Å². The van der Waals surface area contributed by atoms with Crippen molar-refractivity contribution in [2.75, 3.05) is 26.2 Å². The molecule has 4 aromatic carbocycles. The fourth-order valence-corrected chi connectivity index (χ4v) is 6.58. The number of aromatic nitrogens is 4. The van der Waals surface area contributed by atoms with Crippen LogP contribution in [0.2, 0.25) is 0 Å². The third kappa shape index (κ3) is 5.13. The molecule has 0 bridgehead atoms. The predicted molar refractivity (Wildman–Crippen MR) is 171 cm³/mol. The second-order valence-corrected chi connectivity index (χ2v) is 12.0. The summed E-state index contributed by atoms with van der Waals surface area (Å²) in [5, 5.41) is 0. The molecule has 0 atom stereocenters. The Morgan fingerprint density at radius 1 is 0.476 bits per heavy atom. The third-order valence-corrected chi connectivity index (χ3v) is 8.96. The van der Waals surface area contributed by atoms with Crippen LogP contribution in [-0.4, -0.2) is 55.9 Å². The Hall–Kier alpha value is -4.26. The van der Waals surface area contributed by atoms with Crippen LogP contribution >= 0.6 is 0 Å². The summed E-state index contributed by atoms with van der Waals surface area (Å²) in [4.78, 5) is 22.0. The number of fused-ring (bicyclic) bond motifs is 2. The predicted octanol–water partition coefficient (Wildman–Crippen LogP) is 7.63. The van der Waals surface area contributed by atoms with Gasteiger partial charge in [0.05, 0.1) is 22.1 Å². The molecule has 2 aromatic heterocycles. The van der Waals surface area contributed by atoms with Crippen molar-refractivity contribution in [1.29, 1.82) is 0 Å². The fourth-order valence-electron chi connectivity index (χ4n) is 6.58. The third-order valence-electron chi connectivity index (χ3n) is 8.96. The summed E-state index contributed by atoms with van der Waals surface area (Å²) >= 11 is 0. The van der Waals surface area contributed by atoms with E-state index in [2.05, 4.69) is 105 Å². The average molecular weight is 553 g/mol. The van der Waals surface area contributed by atoms with Crippen LogP contribution in [0.15, 0.2) is 84.9 Å². The molecule has 6 nitrogen and oxygen atoms in total. The summed E-state index contributed by atoms with van der Waals surface area (Å²) in [5.74, 6) is 1.82. The molecular formula is C36H36N6. The molecule has 42 heavy (non-hydrogen) atoms. The Morgan fingerprint density at radius 3 is 1.55 bits per heavy atom. The summed E-state index contributed by atoms with van der Waals surface area (Å²) in [5.41, 5.74) is 11.3. The molecule has 0 aliphatic carbocycles. The number of nitrogens with zero attached hydrogens (tertiary/aromatic N) is 4. The first-order chi connectivity index (χ1) is 20.7. The lowest BCUT2D eigenvalue weighted by Gasteiger charge is -2.14. The van der Waals surface area contributed by atoms with E-state index in [4.69, 9.17) is 9.97 Å². The summed E-state index contributed by atoms with van der Waals surface area (Å²) < 4.78 is 0. The summed E-state index contributed by atoms with van der Waals surface area (Å²) in [6.45, 7) is 6.95. The van der Waals surface area contributed by atoms with E-state index in [-0.39, 0.29) is 0 Å². The van der Waals surface area contributed by atoms with Crippen molar-refractivity contribution in [2.45, 2.75) is 38.8 Å². The van der Waals surface area contributed by atoms with E-state index in [1.807, 2.05) is 0 Å². The van der Waals surface area contributed by atoms with Crippen molar-refractivity contribution >= 4 is 22.1 Å². The first-order valence-corrected chi connectivity index (χ1v) is 15.4. The molecule has 2 fully saturated rings. The maximum atomic E-state index is 4.96. The lowest BCUT2D eigenvalue weighted by Crippen LogP contribution is -2.18. The molecule has 2 N–H and O–H groups in total. The summed E-state index contributed by atoms with van der Waals surface area (Å²) in [6, 6.07) is 30.6. The Kier molecular flexibility index (Phi) is 6.58. The second kappa shape index (κ2) is 10.9. The summed E-state index contributed by atoms with van der Waals surface area (Å²) in [7, 11) is 0. The van der Waals surface area contributed by atoms with E-state index >= 15 is 0 Å². The van der Waals surface area contributed by atoms with Crippen LogP contribution in [0.4, 0.5) is 0 Å². The monoisotopic (exact) mass is 552 g/mol.